The lowest BCUT2D eigenvalue weighted by atomic mass is 10.2. The monoisotopic (exact) mass is 257 g/mol. The van der Waals surface area contributed by atoms with E-state index in [0.717, 1.165) is 0 Å². The lowest BCUT2D eigenvalue weighted by Crippen LogP contribution is -2.01. The Kier molecular flexibility index (Phi) is 2.79. The van der Waals surface area contributed by atoms with Gasteiger partial charge in [-0.05, 0) is 25.1 Å². The van der Waals surface area contributed by atoms with Gasteiger partial charge < -0.3 is 13.6 Å². The van der Waals surface area contributed by atoms with Gasteiger partial charge in [0.2, 0.25) is 0 Å². The maximum absolute atomic E-state index is 11.8. The molecule has 0 bridgehead atoms. The standard InChI is InChI=1S/C14H11NO4/c1-9-4-13(16)12-5-10(2-3-14(12)19-9)17-7-11-6-15-8-18-11/h2-6,8H,7H2,1H3. The topological polar surface area (TPSA) is 65.5 Å². The van der Waals surface area contributed by atoms with Crippen molar-refractivity contribution >= 4 is 11.0 Å². The van der Waals surface area contributed by atoms with Gasteiger partial charge in [0.15, 0.2) is 17.6 Å². The molecule has 0 amide bonds. The van der Waals surface area contributed by atoms with Gasteiger partial charge in [0.1, 0.15) is 23.7 Å². The number of rotatable bonds is 3. The van der Waals surface area contributed by atoms with Gasteiger partial charge in [-0.25, -0.2) is 4.98 Å². The highest BCUT2D eigenvalue weighted by molar-refractivity contribution is 5.78. The highest BCUT2D eigenvalue weighted by Crippen LogP contribution is 2.20. The molecule has 1 aromatic carbocycles. The molecule has 0 spiro atoms. The Bertz CT molecular complexity index is 759. The lowest BCUT2D eigenvalue weighted by Gasteiger charge is -2.05. The van der Waals surface area contributed by atoms with Gasteiger partial charge in [-0.1, -0.05) is 0 Å². The fourth-order valence-corrected chi connectivity index (χ4v) is 1.81. The third kappa shape index (κ3) is 2.35. The molecule has 3 aromatic rings. The first-order chi connectivity index (χ1) is 9.22. The van der Waals surface area contributed by atoms with Gasteiger partial charge in [-0.2, -0.15) is 0 Å². The summed E-state index contributed by atoms with van der Waals surface area (Å²) in [7, 11) is 0. The molecule has 19 heavy (non-hydrogen) atoms. The van der Waals surface area contributed by atoms with Crippen LogP contribution in [0.4, 0.5) is 0 Å². The first-order valence-electron chi connectivity index (χ1n) is 5.77. The van der Waals surface area contributed by atoms with Crippen molar-refractivity contribution in [1.82, 2.24) is 4.98 Å². The lowest BCUT2D eigenvalue weighted by molar-refractivity contribution is 0.270. The van der Waals surface area contributed by atoms with E-state index >= 15 is 0 Å². The van der Waals surface area contributed by atoms with E-state index in [9.17, 15) is 4.79 Å². The van der Waals surface area contributed by atoms with Crippen molar-refractivity contribution in [1.29, 1.82) is 0 Å². The second-order valence-corrected chi connectivity index (χ2v) is 4.14. The number of hydrogen-bond acceptors (Lipinski definition) is 5. The Hall–Kier alpha value is -2.56. The Balaban J connectivity index is 1.91. The van der Waals surface area contributed by atoms with Crippen LogP contribution in [0.5, 0.6) is 5.75 Å². The van der Waals surface area contributed by atoms with Gasteiger partial charge in [0.25, 0.3) is 0 Å². The van der Waals surface area contributed by atoms with E-state index in [1.807, 2.05) is 0 Å². The average molecular weight is 257 g/mol. The summed E-state index contributed by atoms with van der Waals surface area (Å²) in [5.41, 5.74) is 0.473. The zero-order valence-corrected chi connectivity index (χ0v) is 10.3. The number of fused-ring (bicyclic) bond motifs is 1. The number of hydrogen-bond donors (Lipinski definition) is 0. The van der Waals surface area contributed by atoms with E-state index in [2.05, 4.69) is 4.98 Å². The summed E-state index contributed by atoms with van der Waals surface area (Å²) < 4.78 is 16.1. The number of oxazole rings is 1. The summed E-state index contributed by atoms with van der Waals surface area (Å²) in [6.07, 6.45) is 2.93. The first kappa shape index (κ1) is 11.5. The van der Waals surface area contributed by atoms with Crippen molar-refractivity contribution in [3.63, 3.8) is 0 Å². The molecule has 96 valence electrons. The molecule has 0 N–H and O–H groups in total. The summed E-state index contributed by atoms with van der Waals surface area (Å²) >= 11 is 0. The molecule has 0 atom stereocenters. The summed E-state index contributed by atoms with van der Waals surface area (Å²) in [5, 5.41) is 0.501. The van der Waals surface area contributed by atoms with Gasteiger partial charge in [-0.15, -0.1) is 0 Å². The van der Waals surface area contributed by atoms with Gasteiger partial charge in [0.05, 0.1) is 11.6 Å². The Morgan fingerprint density at radius 3 is 3.00 bits per heavy atom. The van der Waals surface area contributed by atoms with Crippen molar-refractivity contribution in [3.05, 3.63) is 58.6 Å². The van der Waals surface area contributed by atoms with Crippen molar-refractivity contribution in [3.8, 4) is 5.75 Å². The Labute approximate surface area is 108 Å². The molecule has 0 saturated heterocycles. The maximum atomic E-state index is 11.8. The number of ether oxygens (including phenoxy) is 1. The molecule has 0 unspecified atom stereocenters. The van der Waals surface area contributed by atoms with Crippen LogP contribution in [0.3, 0.4) is 0 Å². The number of nitrogens with zero attached hydrogens (tertiary/aromatic N) is 1. The molecule has 3 rings (SSSR count). The van der Waals surface area contributed by atoms with Crippen molar-refractivity contribution in [2.45, 2.75) is 13.5 Å². The minimum absolute atomic E-state index is 0.0798. The van der Waals surface area contributed by atoms with Crippen LogP contribution in [-0.4, -0.2) is 4.98 Å². The minimum atomic E-state index is -0.0798. The largest absolute Gasteiger partial charge is 0.486 e. The minimum Gasteiger partial charge on any atom is -0.486 e. The molecule has 0 radical (unpaired) electrons. The van der Waals surface area contributed by atoms with Crippen LogP contribution in [-0.2, 0) is 6.61 Å². The van der Waals surface area contributed by atoms with Crippen LogP contribution in [0.2, 0.25) is 0 Å². The molecule has 5 nitrogen and oxygen atoms in total. The molecule has 0 saturated carbocycles. The SMILES string of the molecule is Cc1cc(=O)c2cc(OCc3cnco3)ccc2o1. The Morgan fingerprint density at radius 2 is 2.21 bits per heavy atom. The number of aromatic nitrogens is 1. The molecule has 0 fully saturated rings. The van der Waals surface area contributed by atoms with E-state index in [1.54, 1.807) is 31.3 Å². The first-order valence-corrected chi connectivity index (χ1v) is 5.77. The van der Waals surface area contributed by atoms with Crippen LogP contribution >= 0.6 is 0 Å². The third-order valence-electron chi connectivity index (χ3n) is 2.69. The summed E-state index contributed by atoms with van der Waals surface area (Å²) in [6.45, 7) is 2.01. The summed E-state index contributed by atoms with van der Waals surface area (Å²) in [6, 6.07) is 6.60. The van der Waals surface area contributed by atoms with Crippen LogP contribution in [0, 0.1) is 6.92 Å². The van der Waals surface area contributed by atoms with E-state index in [0.29, 0.717) is 28.2 Å². The van der Waals surface area contributed by atoms with Crippen molar-refractivity contribution < 1.29 is 13.6 Å². The van der Waals surface area contributed by atoms with E-state index in [4.69, 9.17) is 13.6 Å². The molecule has 5 heteroatoms. The predicted octanol–water partition coefficient (Wildman–Crippen LogP) is 2.67. The van der Waals surface area contributed by atoms with E-state index in [-0.39, 0.29) is 12.0 Å². The van der Waals surface area contributed by atoms with E-state index < -0.39 is 0 Å². The fourth-order valence-electron chi connectivity index (χ4n) is 1.81. The van der Waals surface area contributed by atoms with Crippen molar-refractivity contribution in [2.24, 2.45) is 0 Å². The smallest absolute Gasteiger partial charge is 0.193 e. The van der Waals surface area contributed by atoms with Gasteiger partial charge in [-0.3, -0.25) is 4.79 Å². The second-order valence-electron chi connectivity index (χ2n) is 4.14. The van der Waals surface area contributed by atoms with Crippen molar-refractivity contribution in [2.75, 3.05) is 0 Å². The predicted molar refractivity (Wildman–Crippen MR) is 68.1 cm³/mol. The number of benzene rings is 1. The molecule has 0 aliphatic heterocycles. The highest BCUT2D eigenvalue weighted by atomic mass is 16.5. The molecular weight excluding hydrogens is 246 g/mol. The zero-order chi connectivity index (χ0) is 13.2. The third-order valence-corrected chi connectivity index (χ3v) is 2.69. The van der Waals surface area contributed by atoms with Crippen LogP contribution in [0.1, 0.15) is 11.5 Å². The van der Waals surface area contributed by atoms with E-state index in [1.165, 1.54) is 12.5 Å². The average Bonchev–Trinajstić information content (AvgIpc) is 2.89. The molecular formula is C14H11NO4. The quantitative estimate of drug-likeness (QED) is 0.721. The normalized spacial score (nSPS) is 10.8. The fraction of sp³-hybridized carbons (Fsp3) is 0.143. The Morgan fingerprint density at radius 1 is 1.32 bits per heavy atom. The molecule has 2 heterocycles. The molecule has 2 aromatic heterocycles. The highest BCUT2D eigenvalue weighted by Gasteiger charge is 2.05. The number of aryl methyl sites for hydroxylation is 1. The maximum Gasteiger partial charge on any atom is 0.193 e. The summed E-state index contributed by atoms with van der Waals surface area (Å²) in [5.74, 6) is 1.80. The van der Waals surface area contributed by atoms with Crippen LogP contribution in [0.15, 0.2) is 50.5 Å². The van der Waals surface area contributed by atoms with Crippen LogP contribution in [0.25, 0.3) is 11.0 Å². The zero-order valence-electron chi connectivity index (χ0n) is 10.3. The molecule has 0 aliphatic carbocycles. The molecule has 0 aliphatic rings. The summed E-state index contributed by atoms with van der Waals surface area (Å²) in [4.78, 5) is 15.6. The second kappa shape index (κ2) is 4.61. The van der Waals surface area contributed by atoms with Gasteiger partial charge in [0, 0.05) is 6.07 Å². The van der Waals surface area contributed by atoms with Crippen LogP contribution < -0.4 is 10.2 Å². The van der Waals surface area contributed by atoms with Gasteiger partial charge >= 0.3 is 0 Å².